The van der Waals surface area contributed by atoms with Crippen molar-refractivity contribution in [3.05, 3.63) is 30.0 Å². The molecule has 7 heteroatoms. The fraction of sp³-hybridized carbons (Fsp3) is 0.312. The van der Waals surface area contributed by atoms with Crippen LogP contribution in [0.5, 0.6) is 5.75 Å². The number of ether oxygens (including phenoxy) is 1. The third-order valence-electron chi connectivity index (χ3n) is 3.95. The Kier molecular flexibility index (Phi) is 4.01. The average molecular weight is 314 g/mol. The van der Waals surface area contributed by atoms with Gasteiger partial charge in [-0.1, -0.05) is 0 Å². The molecule has 2 amide bonds. The molecule has 3 rings (SSSR count). The molecule has 1 saturated heterocycles. The Morgan fingerprint density at radius 3 is 3.00 bits per heavy atom. The average Bonchev–Trinajstić information content (AvgIpc) is 2.96. The third-order valence-corrected chi connectivity index (χ3v) is 3.95. The number of rotatable bonds is 5. The van der Waals surface area contributed by atoms with Gasteiger partial charge in [0.2, 0.25) is 5.91 Å². The summed E-state index contributed by atoms with van der Waals surface area (Å²) in [5.41, 5.74) is 5.72. The topological polar surface area (TPSA) is 106 Å². The van der Waals surface area contributed by atoms with E-state index in [1.807, 2.05) is 6.07 Å². The van der Waals surface area contributed by atoms with Crippen LogP contribution in [0.2, 0.25) is 0 Å². The van der Waals surface area contributed by atoms with Crippen LogP contribution in [-0.2, 0) is 4.79 Å². The van der Waals surface area contributed by atoms with Gasteiger partial charge in [0.1, 0.15) is 11.6 Å². The van der Waals surface area contributed by atoms with Gasteiger partial charge in [0.15, 0.2) is 0 Å². The predicted octanol–water partition coefficient (Wildman–Crippen LogP) is 1.03. The van der Waals surface area contributed by atoms with Gasteiger partial charge < -0.3 is 21.1 Å². The molecule has 1 atom stereocenters. The lowest BCUT2D eigenvalue weighted by Gasteiger charge is -2.14. The zero-order valence-electron chi connectivity index (χ0n) is 12.8. The summed E-state index contributed by atoms with van der Waals surface area (Å²) in [5.74, 6) is 0.632. The Morgan fingerprint density at radius 2 is 2.35 bits per heavy atom. The number of amides is 2. The SMILES string of the molecule is COc1cc2c(NCC3CCC(=O)N3)nccc2cc1C(N)=O. The van der Waals surface area contributed by atoms with E-state index in [4.69, 9.17) is 10.5 Å². The number of pyridine rings is 1. The standard InChI is InChI=1S/C16H18N4O3/c1-23-13-7-11-9(6-12(13)15(17)22)4-5-18-16(11)19-8-10-2-3-14(21)20-10/h4-7,10H,2-3,8H2,1H3,(H2,17,22)(H,18,19)(H,20,21). The highest BCUT2D eigenvalue weighted by molar-refractivity contribution is 6.03. The van der Waals surface area contributed by atoms with E-state index >= 15 is 0 Å². The molecule has 1 aliphatic rings. The molecule has 0 radical (unpaired) electrons. The minimum absolute atomic E-state index is 0.0791. The Hall–Kier alpha value is -2.83. The number of carbonyl (C=O) groups is 2. The summed E-state index contributed by atoms with van der Waals surface area (Å²) in [7, 11) is 1.49. The normalized spacial score (nSPS) is 17.1. The van der Waals surface area contributed by atoms with Gasteiger partial charge in [-0.15, -0.1) is 0 Å². The maximum absolute atomic E-state index is 11.5. The van der Waals surface area contributed by atoms with Crippen molar-refractivity contribution in [1.29, 1.82) is 0 Å². The molecule has 120 valence electrons. The molecule has 1 aromatic carbocycles. The van der Waals surface area contributed by atoms with Crippen LogP contribution in [0.4, 0.5) is 5.82 Å². The van der Waals surface area contributed by atoms with Crippen molar-refractivity contribution < 1.29 is 14.3 Å². The Morgan fingerprint density at radius 1 is 1.52 bits per heavy atom. The maximum Gasteiger partial charge on any atom is 0.252 e. The Balaban J connectivity index is 1.91. The summed E-state index contributed by atoms with van der Waals surface area (Å²) < 4.78 is 5.25. The minimum atomic E-state index is -0.538. The highest BCUT2D eigenvalue weighted by Gasteiger charge is 2.20. The summed E-state index contributed by atoms with van der Waals surface area (Å²) in [4.78, 5) is 27.1. The molecule has 0 spiro atoms. The number of nitrogens with one attached hydrogen (secondary N) is 2. The fourth-order valence-corrected chi connectivity index (χ4v) is 2.75. The first-order valence-electron chi connectivity index (χ1n) is 7.38. The molecule has 7 nitrogen and oxygen atoms in total. The molecule has 1 fully saturated rings. The second kappa shape index (κ2) is 6.12. The number of anilines is 1. The monoisotopic (exact) mass is 314 g/mol. The van der Waals surface area contributed by atoms with Crippen molar-refractivity contribution in [1.82, 2.24) is 10.3 Å². The van der Waals surface area contributed by atoms with Gasteiger partial charge >= 0.3 is 0 Å². The van der Waals surface area contributed by atoms with E-state index in [0.29, 0.717) is 30.1 Å². The number of nitrogens with two attached hydrogens (primary N) is 1. The van der Waals surface area contributed by atoms with Crippen molar-refractivity contribution in [2.24, 2.45) is 5.73 Å². The molecule has 2 heterocycles. The molecular formula is C16H18N4O3. The molecule has 4 N–H and O–H groups in total. The first kappa shape index (κ1) is 15.1. The Bertz CT molecular complexity index is 775. The van der Waals surface area contributed by atoms with Crippen LogP contribution in [0.1, 0.15) is 23.2 Å². The summed E-state index contributed by atoms with van der Waals surface area (Å²) >= 11 is 0. The lowest BCUT2D eigenvalue weighted by molar-refractivity contribution is -0.119. The van der Waals surface area contributed by atoms with Crippen molar-refractivity contribution in [3.63, 3.8) is 0 Å². The van der Waals surface area contributed by atoms with Crippen molar-refractivity contribution in [2.45, 2.75) is 18.9 Å². The van der Waals surface area contributed by atoms with E-state index in [1.165, 1.54) is 7.11 Å². The van der Waals surface area contributed by atoms with E-state index in [2.05, 4.69) is 15.6 Å². The molecule has 1 unspecified atom stereocenters. The molecule has 0 bridgehead atoms. The van der Waals surface area contributed by atoms with Gasteiger partial charge in [-0.3, -0.25) is 9.59 Å². The highest BCUT2D eigenvalue weighted by atomic mass is 16.5. The van der Waals surface area contributed by atoms with E-state index in [0.717, 1.165) is 17.2 Å². The molecule has 0 aliphatic carbocycles. The lowest BCUT2D eigenvalue weighted by atomic mass is 10.1. The van der Waals surface area contributed by atoms with E-state index in [9.17, 15) is 9.59 Å². The van der Waals surface area contributed by atoms with E-state index in [1.54, 1.807) is 18.3 Å². The van der Waals surface area contributed by atoms with Crippen molar-refractivity contribution >= 4 is 28.4 Å². The van der Waals surface area contributed by atoms with Crippen LogP contribution in [0, 0.1) is 0 Å². The summed E-state index contributed by atoms with van der Waals surface area (Å²) in [5, 5.41) is 7.83. The summed E-state index contributed by atoms with van der Waals surface area (Å²) in [6.45, 7) is 0.595. The number of fused-ring (bicyclic) bond motifs is 1. The number of hydrogen-bond donors (Lipinski definition) is 3. The van der Waals surface area contributed by atoms with Crippen LogP contribution in [0.3, 0.4) is 0 Å². The predicted molar refractivity (Wildman–Crippen MR) is 86.5 cm³/mol. The van der Waals surface area contributed by atoms with Gasteiger partial charge in [0.25, 0.3) is 5.91 Å². The molecule has 1 aromatic heterocycles. The second-order valence-corrected chi connectivity index (χ2v) is 5.48. The number of primary amides is 1. The number of benzene rings is 1. The van der Waals surface area contributed by atoms with Crippen molar-refractivity contribution in [2.75, 3.05) is 19.0 Å². The number of hydrogen-bond acceptors (Lipinski definition) is 5. The lowest BCUT2D eigenvalue weighted by Crippen LogP contribution is -2.32. The van der Waals surface area contributed by atoms with E-state index in [-0.39, 0.29) is 11.9 Å². The number of carbonyl (C=O) groups excluding carboxylic acids is 2. The van der Waals surface area contributed by atoms with Gasteiger partial charge in [0, 0.05) is 30.6 Å². The molecule has 2 aromatic rings. The Labute approximate surface area is 133 Å². The zero-order valence-corrected chi connectivity index (χ0v) is 12.8. The maximum atomic E-state index is 11.5. The number of nitrogens with zero attached hydrogens (tertiary/aromatic N) is 1. The summed E-state index contributed by atoms with van der Waals surface area (Å²) in [6, 6.07) is 5.36. The minimum Gasteiger partial charge on any atom is -0.496 e. The quantitative estimate of drug-likeness (QED) is 0.764. The van der Waals surface area contributed by atoms with Gasteiger partial charge in [-0.2, -0.15) is 0 Å². The number of methoxy groups -OCH3 is 1. The van der Waals surface area contributed by atoms with E-state index < -0.39 is 5.91 Å². The van der Waals surface area contributed by atoms with Crippen LogP contribution in [0.15, 0.2) is 24.4 Å². The first-order chi connectivity index (χ1) is 11.1. The van der Waals surface area contributed by atoms with Gasteiger partial charge in [0.05, 0.1) is 12.7 Å². The third kappa shape index (κ3) is 3.03. The van der Waals surface area contributed by atoms with Crippen LogP contribution in [-0.4, -0.2) is 36.5 Å². The molecule has 23 heavy (non-hydrogen) atoms. The first-order valence-corrected chi connectivity index (χ1v) is 7.38. The molecular weight excluding hydrogens is 296 g/mol. The highest BCUT2D eigenvalue weighted by Crippen LogP contribution is 2.29. The molecule has 1 aliphatic heterocycles. The number of aromatic nitrogens is 1. The fourth-order valence-electron chi connectivity index (χ4n) is 2.75. The molecule has 0 saturated carbocycles. The smallest absolute Gasteiger partial charge is 0.252 e. The van der Waals surface area contributed by atoms with Crippen LogP contribution >= 0.6 is 0 Å². The summed E-state index contributed by atoms with van der Waals surface area (Å²) in [6.07, 6.45) is 3.03. The second-order valence-electron chi connectivity index (χ2n) is 5.48. The van der Waals surface area contributed by atoms with Gasteiger partial charge in [-0.05, 0) is 30.0 Å². The zero-order chi connectivity index (χ0) is 16.4. The van der Waals surface area contributed by atoms with Crippen LogP contribution < -0.4 is 21.1 Å². The van der Waals surface area contributed by atoms with Gasteiger partial charge in [-0.25, -0.2) is 4.98 Å². The largest absolute Gasteiger partial charge is 0.496 e. The van der Waals surface area contributed by atoms with Crippen molar-refractivity contribution in [3.8, 4) is 5.75 Å². The van der Waals surface area contributed by atoms with Crippen LogP contribution in [0.25, 0.3) is 10.8 Å².